The van der Waals surface area contributed by atoms with E-state index in [0.29, 0.717) is 12.0 Å². The highest BCUT2D eigenvalue weighted by molar-refractivity contribution is 5.97. The minimum atomic E-state index is -0.440. The Labute approximate surface area is 106 Å². The molecule has 0 saturated heterocycles. The lowest BCUT2D eigenvalue weighted by atomic mass is 9.96. The molecule has 0 spiro atoms. The van der Waals surface area contributed by atoms with Crippen LogP contribution in [0.4, 0.5) is 5.69 Å². The number of benzene rings is 1. The smallest absolute Gasteiger partial charge is 0.248 e. The van der Waals surface area contributed by atoms with Crippen molar-refractivity contribution in [1.82, 2.24) is 0 Å². The second-order valence-corrected chi connectivity index (χ2v) is 4.45. The fraction of sp³-hybridized carbons (Fsp3) is 0.286. The lowest BCUT2D eigenvalue weighted by Gasteiger charge is -2.18. The molecule has 1 amide bonds. The van der Waals surface area contributed by atoms with Crippen LogP contribution in [0.2, 0.25) is 0 Å². The number of primary amides is 1. The third-order valence-corrected chi connectivity index (χ3v) is 3.17. The number of allylic oxidation sites excluding steroid dienone is 2. The zero-order valence-electron chi connectivity index (χ0n) is 10.3. The highest BCUT2D eigenvalue weighted by atomic mass is 16.1. The molecule has 94 valence electrons. The van der Waals surface area contributed by atoms with Gasteiger partial charge in [-0.1, -0.05) is 0 Å². The molecule has 3 N–H and O–H groups in total. The number of carbonyl (C=O) groups is 2. The SMILES string of the molecule is CC1=C(Nc2ccc(C(N)=O)cc2)CCCC1=O. The molecule has 4 nitrogen and oxygen atoms in total. The molecule has 0 heterocycles. The van der Waals surface area contributed by atoms with E-state index in [2.05, 4.69) is 5.32 Å². The number of nitrogens with one attached hydrogen (secondary N) is 1. The molecule has 0 aromatic heterocycles. The molecule has 1 aromatic carbocycles. The van der Waals surface area contributed by atoms with E-state index in [1.54, 1.807) is 24.3 Å². The molecule has 2 rings (SSSR count). The molecule has 1 aliphatic rings. The van der Waals surface area contributed by atoms with Gasteiger partial charge in [-0.25, -0.2) is 0 Å². The van der Waals surface area contributed by atoms with Crippen LogP contribution in [0.15, 0.2) is 35.5 Å². The molecule has 0 aliphatic heterocycles. The van der Waals surface area contributed by atoms with Crippen LogP contribution >= 0.6 is 0 Å². The van der Waals surface area contributed by atoms with Crippen LogP contribution in [-0.4, -0.2) is 11.7 Å². The molecule has 0 atom stereocenters. The fourth-order valence-electron chi connectivity index (χ4n) is 2.02. The normalized spacial score (nSPS) is 15.7. The van der Waals surface area contributed by atoms with Crippen LogP contribution in [-0.2, 0) is 4.79 Å². The van der Waals surface area contributed by atoms with Crippen LogP contribution in [0.3, 0.4) is 0 Å². The Morgan fingerprint density at radius 2 is 1.89 bits per heavy atom. The summed E-state index contributed by atoms with van der Waals surface area (Å²) in [6, 6.07) is 6.93. The van der Waals surface area contributed by atoms with Gasteiger partial charge in [-0.05, 0) is 44.0 Å². The lowest BCUT2D eigenvalue weighted by molar-refractivity contribution is -0.116. The largest absolute Gasteiger partial charge is 0.366 e. The minimum absolute atomic E-state index is 0.206. The van der Waals surface area contributed by atoms with Gasteiger partial charge in [0.15, 0.2) is 5.78 Å². The molecule has 1 aliphatic carbocycles. The van der Waals surface area contributed by atoms with E-state index in [9.17, 15) is 9.59 Å². The number of rotatable bonds is 3. The molecule has 0 radical (unpaired) electrons. The maximum absolute atomic E-state index is 11.6. The van der Waals surface area contributed by atoms with E-state index in [-0.39, 0.29) is 5.78 Å². The molecular weight excluding hydrogens is 228 g/mol. The molecule has 4 heteroatoms. The van der Waals surface area contributed by atoms with Crippen molar-refractivity contribution in [1.29, 1.82) is 0 Å². The lowest BCUT2D eigenvalue weighted by Crippen LogP contribution is -2.14. The van der Waals surface area contributed by atoms with Crippen molar-refractivity contribution in [3.63, 3.8) is 0 Å². The van der Waals surface area contributed by atoms with Crippen molar-refractivity contribution in [3.8, 4) is 0 Å². The van der Waals surface area contributed by atoms with Crippen LogP contribution < -0.4 is 11.1 Å². The second-order valence-electron chi connectivity index (χ2n) is 4.45. The topological polar surface area (TPSA) is 72.2 Å². The molecule has 1 aromatic rings. The Hall–Kier alpha value is -2.10. The number of anilines is 1. The zero-order valence-corrected chi connectivity index (χ0v) is 10.3. The third-order valence-electron chi connectivity index (χ3n) is 3.17. The third kappa shape index (κ3) is 2.59. The van der Waals surface area contributed by atoms with Crippen molar-refractivity contribution >= 4 is 17.4 Å². The number of Topliss-reactive ketones (excluding diaryl/α,β-unsaturated/α-hetero) is 1. The van der Waals surface area contributed by atoms with E-state index in [1.165, 1.54) is 0 Å². The Balaban J connectivity index is 2.16. The van der Waals surface area contributed by atoms with Crippen LogP contribution in [0.25, 0.3) is 0 Å². The van der Waals surface area contributed by atoms with E-state index in [1.807, 2.05) is 6.92 Å². The Kier molecular flexibility index (Phi) is 3.46. The zero-order chi connectivity index (χ0) is 13.1. The van der Waals surface area contributed by atoms with E-state index < -0.39 is 5.91 Å². The first-order valence-corrected chi connectivity index (χ1v) is 5.98. The summed E-state index contributed by atoms with van der Waals surface area (Å²) in [6.07, 6.45) is 2.41. The van der Waals surface area contributed by atoms with E-state index >= 15 is 0 Å². The summed E-state index contributed by atoms with van der Waals surface area (Å²) in [6.45, 7) is 1.85. The number of hydrogen-bond acceptors (Lipinski definition) is 3. The minimum Gasteiger partial charge on any atom is -0.366 e. The summed E-state index contributed by atoms with van der Waals surface area (Å²) in [5.41, 5.74) is 8.29. The highest BCUT2D eigenvalue weighted by Gasteiger charge is 2.16. The second kappa shape index (κ2) is 5.04. The van der Waals surface area contributed by atoms with Crippen molar-refractivity contribution in [2.24, 2.45) is 5.73 Å². The van der Waals surface area contributed by atoms with Crippen molar-refractivity contribution in [2.75, 3.05) is 5.32 Å². The Morgan fingerprint density at radius 1 is 1.22 bits per heavy atom. The van der Waals surface area contributed by atoms with Crippen LogP contribution in [0.1, 0.15) is 36.5 Å². The van der Waals surface area contributed by atoms with E-state index in [4.69, 9.17) is 5.73 Å². The highest BCUT2D eigenvalue weighted by Crippen LogP contribution is 2.23. The molecular formula is C14H16N2O2. The Bertz CT molecular complexity index is 515. The maximum Gasteiger partial charge on any atom is 0.248 e. The van der Waals surface area contributed by atoms with Gasteiger partial charge in [0.2, 0.25) is 5.91 Å². The van der Waals surface area contributed by atoms with Gasteiger partial charge >= 0.3 is 0 Å². The number of ketones is 1. The predicted octanol–water partition coefficient (Wildman–Crippen LogP) is 2.22. The molecule has 0 fully saturated rings. The quantitative estimate of drug-likeness (QED) is 0.856. The van der Waals surface area contributed by atoms with Gasteiger partial charge in [-0.2, -0.15) is 0 Å². The number of carbonyl (C=O) groups excluding carboxylic acids is 2. The van der Waals surface area contributed by atoms with Crippen molar-refractivity contribution < 1.29 is 9.59 Å². The van der Waals surface area contributed by atoms with Gasteiger partial charge in [-0.15, -0.1) is 0 Å². The van der Waals surface area contributed by atoms with Crippen LogP contribution in [0.5, 0.6) is 0 Å². The molecule has 0 bridgehead atoms. The van der Waals surface area contributed by atoms with E-state index in [0.717, 1.165) is 29.8 Å². The summed E-state index contributed by atoms with van der Waals surface area (Å²) in [7, 11) is 0. The molecule has 18 heavy (non-hydrogen) atoms. The van der Waals surface area contributed by atoms with Gasteiger partial charge in [0.1, 0.15) is 0 Å². The van der Waals surface area contributed by atoms with Crippen molar-refractivity contribution in [3.05, 3.63) is 41.1 Å². The number of nitrogens with two attached hydrogens (primary N) is 1. The van der Waals surface area contributed by atoms with Gasteiger partial charge in [0, 0.05) is 28.9 Å². The maximum atomic E-state index is 11.6. The summed E-state index contributed by atoms with van der Waals surface area (Å²) < 4.78 is 0. The molecule has 0 unspecified atom stereocenters. The summed E-state index contributed by atoms with van der Waals surface area (Å²) in [4.78, 5) is 22.5. The molecule has 0 saturated carbocycles. The van der Waals surface area contributed by atoms with Gasteiger partial charge in [0.05, 0.1) is 0 Å². The first-order valence-electron chi connectivity index (χ1n) is 5.98. The standard InChI is InChI=1S/C14H16N2O2/c1-9-12(3-2-4-13(9)17)16-11-7-5-10(6-8-11)14(15)18/h5-8,16H,2-4H2,1H3,(H2,15,18). The first-order chi connectivity index (χ1) is 8.58. The summed E-state index contributed by atoms with van der Waals surface area (Å²) in [5, 5.41) is 3.23. The van der Waals surface area contributed by atoms with Gasteiger partial charge in [-0.3, -0.25) is 9.59 Å². The number of hydrogen-bond donors (Lipinski definition) is 2. The van der Waals surface area contributed by atoms with Crippen molar-refractivity contribution in [2.45, 2.75) is 26.2 Å². The monoisotopic (exact) mass is 244 g/mol. The summed E-state index contributed by atoms with van der Waals surface area (Å²) in [5.74, 6) is -0.234. The van der Waals surface area contributed by atoms with Gasteiger partial charge in [0.25, 0.3) is 0 Å². The number of amides is 1. The first kappa shape index (κ1) is 12.4. The van der Waals surface area contributed by atoms with Gasteiger partial charge < -0.3 is 11.1 Å². The average Bonchev–Trinajstić information content (AvgIpc) is 2.36. The summed E-state index contributed by atoms with van der Waals surface area (Å²) >= 11 is 0. The average molecular weight is 244 g/mol. The van der Waals surface area contributed by atoms with Crippen LogP contribution in [0, 0.1) is 0 Å². The fourth-order valence-corrected chi connectivity index (χ4v) is 2.02. The Morgan fingerprint density at radius 3 is 2.50 bits per heavy atom. The predicted molar refractivity (Wildman–Crippen MR) is 70.1 cm³/mol.